The van der Waals surface area contributed by atoms with Gasteiger partial charge in [-0.2, -0.15) is 0 Å². The maximum absolute atomic E-state index is 5.88. The molecular formula is C23H28O3. The van der Waals surface area contributed by atoms with Gasteiger partial charge in [0.15, 0.2) is 0 Å². The minimum atomic E-state index is 0.733. The number of hydrogen-bond acceptors (Lipinski definition) is 3. The molecule has 0 bridgehead atoms. The van der Waals surface area contributed by atoms with Gasteiger partial charge < -0.3 is 14.2 Å². The Labute approximate surface area is 155 Å². The highest BCUT2D eigenvalue weighted by molar-refractivity contribution is 6.11. The molecule has 138 valence electrons. The molecular weight excluding hydrogens is 324 g/mol. The lowest BCUT2D eigenvalue weighted by Crippen LogP contribution is -1.98. The van der Waals surface area contributed by atoms with Crippen molar-refractivity contribution >= 4 is 21.5 Å². The van der Waals surface area contributed by atoms with E-state index in [-0.39, 0.29) is 0 Å². The van der Waals surface area contributed by atoms with Crippen molar-refractivity contribution in [3.8, 4) is 17.2 Å². The maximum atomic E-state index is 5.88. The molecule has 3 aromatic rings. The molecule has 0 aliphatic rings. The highest BCUT2D eigenvalue weighted by Gasteiger charge is 2.10. The van der Waals surface area contributed by atoms with Gasteiger partial charge in [0.2, 0.25) is 0 Å². The van der Waals surface area contributed by atoms with Gasteiger partial charge in [-0.25, -0.2) is 0 Å². The molecule has 0 spiro atoms. The summed E-state index contributed by atoms with van der Waals surface area (Å²) in [7, 11) is 1.71. The summed E-state index contributed by atoms with van der Waals surface area (Å²) < 4.78 is 17.4. The lowest BCUT2D eigenvalue weighted by atomic mass is 10.0. The van der Waals surface area contributed by atoms with Crippen molar-refractivity contribution in [2.45, 2.75) is 39.5 Å². The third-order valence-electron chi connectivity index (χ3n) is 4.59. The van der Waals surface area contributed by atoms with E-state index in [1.807, 2.05) is 12.1 Å². The predicted octanol–water partition coefficient (Wildman–Crippen LogP) is 6.36. The third kappa shape index (κ3) is 4.04. The Balaban J connectivity index is 1.99. The topological polar surface area (TPSA) is 27.7 Å². The minimum Gasteiger partial charge on any atom is -0.496 e. The molecule has 3 nitrogen and oxygen atoms in total. The summed E-state index contributed by atoms with van der Waals surface area (Å²) in [5.74, 6) is 2.63. The first-order chi connectivity index (χ1) is 12.8. The summed E-state index contributed by atoms with van der Waals surface area (Å²) in [6.07, 6.45) is 4.39. The molecule has 3 heteroatoms. The number of methoxy groups -OCH3 is 1. The zero-order valence-electron chi connectivity index (χ0n) is 16.0. The molecule has 3 aromatic carbocycles. The van der Waals surface area contributed by atoms with Gasteiger partial charge in [-0.1, -0.05) is 38.8 Å². The van der Waals surface area contributed by atoms with Crippen molar-refractivity contribution in [2.24, 2.45) is 0 Å². The zero-order valence-corrected chi connectivity index (χ0v) is 16.0. The molecule has 0 N–H and O–H groups in total. The van der Waals surface area contributed by atoms with Crippen LogP contribution in [0.15, 0.2) is 42.5 Å². The number of unbranched alkanes of at least 4 members (excludes halogenated alkanes) is 2. The first-order valence-corrected chi connectivity index (χ1v) is 9.57. The van der Waals surface area contributed by atoms with Crippen LogP contribution in [0.4, 0.5) is 0 Å². The van der Waals surface area contributed by atoms with E-state index < -0.39 is 0 Å². The molecule has 0 atom stereocenters. The van der Waals surface area contributed by atoms with Crippen molar-refractivity contribution in [1.82, 2.24) is 0 Å². The second-order valence-electron chi connectivity index (χ2n) is 6.58. The molecule has 3 rings (SSSR count). The van der Waals surface area contributed by atoms with E-state index in [9.17, 15) is 0 Å². The highest BCUT2D eigenvalue weighted by Crippen LogP contribution is 2.37. The first kappa shape index (κ1) is 18.4. The molecule has 0 aliphatic heterocycles. The molecule has 0 radical (unpaired) electrons. The Kier molecular flexibility index (Phi) is 6.21. The van der Waals surface area contributed by atoms with Gasteiger partial charge in [-0.3, -0.25) is 0 Å². The summed E-state index contributed by atoms with van der Waals surface area (Å²) >= 11 is 0. The largest absolute Gasteiger partial charge is 0.496 e. The third-order valence-corrected chi connectivity index (χ3v) is 4.59. The van der Waals surface area contributed by atoms with Crippen LogP contribution in [0.5, 0.6) is 17.2 Å². The van der Waals surface area contributed by atoms with E-state index in [0.717, 1.165) is 72.3 Å². The average Bonchev–Trinajstić information content (AvgIpc) is 2.67. The SMILES string of the molecule is CCCCOc1ccc2c(ccc3cc(OCCCC)cc(OC)c32)c1. The van der Waals surface area contributed by atoms with Crippen molar-refractivity contribution in [1.29, 1.82) is 0 Å². The quantitative estimate of drug-likeness (QED) is 0.331. The van der Waals surface area contributed by atoms with Crippen LogP contribution in [0, 0.1) is 0 Å². The molecule has 0 saturated carbocycles. The summed E-state index contributed by atoms with van der Waals surface area (Å²) in [6, 6.07) is 14.6. The number of rotatable bonds is 9. The summed E-state index contributed by atoms with van der Waals surface area (Å²) in [6.45, 7) is 5.83. The van der Waals surface area contributed by atoms with Crippen LogP contribution in [0.25, 0.3) is 21.5 Å². The van der Waals surface area contributed by atoms with Crippen LogP contribution in [0.2, 0.25) is 0 Å². The second kappa shape index (κ2) is 8.79. The van der Waals surface area contributed by atoms with E-state index in [4.69, 9.17) is 14.2 Å². The Morgan fingerprint density at radius 2 is 1.38 bits per heavy atom. The smallest absolute Gasteiger partial charge is 0.131 e. The Morgan fingerprint density at radius 1 is 0.731 bits per heavy atom. The predicted molar refractivity (Wildman–Crippen MR) is 109 cm³/mol. The van der Waals surface area contributed by atoms with Crippen molar-refractivity contribution < 1.29 is 14.2 Å². The van der Waals surface area contributed by atoms with Crippen molar-refractivity contribution in [3.63, 3.8) is 0 Å². The number of benzene rings is 3. The Bertz CT molecular complexity index is 870. The molecule has 0 aromatic heterocycles. The normalized spacial score (nSPS) is 11.0. The van der Waals surface area contributed by atoms with Gasteiger partial charge in [0.05, 0.1) is 20.3 Å². The van der Waals surface area contributed by atoms with Crippen LogP contribution < -0.4 is 14.2 Å². The summed E-state index contributed by atoms with van der Waals surface area (Å²) in [5.41, 5.74) is 0. The van der Waals surface area contributed by atoms with Gasteiger partial charge in [-0.05, 0) is 53.3 Å². The van der Waals surface area contributed by atoms with Crippen LogP contribution in [0.3, 0.4) is 0 Å². The number of fused-ring (bicyclic) bond motifs is 3. The standard InChI is InChI=1S/C23H28O3/c1-4-6-12-25-19-10-11-21-17(14-19)8-9-18-15-20(26-13-7-5-2)16-22(24-3)23(18)21/h8-11,14-16H,4-7,12-13H2,1-3H3. The van der Waals surface area contributed by atoms with E-state index in [2.05, 4.69) is 44.2 Å². The highest BCUT2D eigenvalue weighted by atomic mass is 16.5. The molecule has 0 heterocycles. The first-order valence-electron chi connectivity index (χ1n) is 9.57. The van der Waals surface area contributed by atoms with Crippen molar-refractivity contribution in [3.05, 3.63) is 42.5 Å². The monoisotopic (exact) mass is 352 g/mol. The fourth-order valence-corrected chi connectivity index (χ4v) is 3.12. The molecule has 0 saturated heterocycles. The molecule has 0 amide bonds. The number of ether oxygens (including phenoxy) is 3. The van der Waals surface area contributed by atoms with E-state index in [0.29, 0.717) is 0 Å². The number of hydrogen-bond donors (Lipinski definition) is 0. The fourth-order valence-electron chi connectivity index (χ4n) is 3.12. The van der Waals surface area contributed by atoms with Gasteiger partial charge >= 0.3 is 0 Å². The zero-order chi connectivity index (χ0) is 18.4. The van der Waals surface area contributed by atoms with E-state index >= 15 is 0 Å². The Hall–Kier alpha value is -2.42. The van der Waals surface area contributed by atoms with Gasteiger partial charge in [-0.15, -0.1) is 0 Å². The lowest BCUT2D eigenvalue weighted by molar-refractivity contribution is 0.307. The van der Waals surface area contributed by atoms with Crippen LogP contribution in [0.1, 0.15) is 39.5 Å². The summed E-state index contributed by atoms with van der Waals surface area (Å²) in [4.78, 5) is 0. The molecule has 0 aliphatic carbocycles. The maximum Gasteiger partial charge on any atom is 0.131 e. The molecule has 0 unspecified atom stereocenters. The van der Waals surface area contributed by atoms with E-state index in [1.165, 1.54) is 5.39 Å². The van der Waals surface area contributed by atoms with E-state index in [1.54, 1.807) is 7.11 Å². The minimum absolute atomic E-state index is 0.733. The van der Waals surface area contributed by atoms with Crippen LogP contribution in [-0.4, -0.2) is 20.3 Å². The van der Waals surface area contributed by atoms with Crippen LogP contribution in [-0.2, 0) is 0 Å². The Morgan fingerprint density at radius 3 is 2.08 bits per heavy atom. The second-order valence-corrected chi connectivity index (χ2v) is 6.58. The average molecular weight is 352 g/mol. The summed E-state index contributed by atoms with van der Waals surface area (Å²) in [5, 5.41) is 4.57. The van der Waals surface area contributed by atoms with Gasteiger partial charge in [0.25, 0.3) is 0 Å². The van der Waals surface area contributed by atoms with Crippen LogP contribution >= 0.6 is 0 Å². The van der Waals surface area contributed by atoms with Gasteiger partial charge in [0, 0.05) is 11.5 Å². The molecule has 0 fully saturated rings. The fraction of sp³-hybridized carbons (Fsp3) is 0.391. The lowest BCUT2D eigenvalue weighted by Gasteiger charge is -2.13. The molecule has 26 heavy (non-hydrogen) atoms. The van der Waals surface area contributed by atoms with Crippen molar-refractivity contribution in [2.75, 3.05) is 20.3 Å². The van der Waals surface area contributed by atoms with Gasteiger partial charge in [0.1, 0.15) is 17.2 Å².